The number of aromatic nitrogens is 3. The van der Waals surface area contributed by atoms with Gasteiger partial charge in [-0.05, 0) is 41.3 Å². The Hall–Kier alpha value is -4.07. The largest absolute Gasteiger partial charge is 0.424 e. The Labute approximate surface area is 213 Å². The summed E-state index contributed by atoms with van der Waals surface area (Å²) in [5, 5.41) is 12.1. The number of nitrogens with two attached hydrogens (primary N) is 3. The lowest BCUT2D eigenvalue weighted by Crippen LogP contribution is -2.39. The van der Waals surface area contributed by atoms with Gasteiger partial charge in [-0.15, -0.1) is 0 Å². The number of nitrogen functional groups attached to an aromatic ring is 2. The minimum absolute atomic E-state index is 0.0513. The van der Waals surface area contributed by atoms with Gasteiger partial charge >= 0.3 is 0 Å². The smallest absolute Gasteiger partial charge is 0.292 e. The second kappa shape index (κ2) is 9.76. The average Bonchev–Trinajstić information content (AvgIpc) is 3.26. The first kappa shape index (κ1) is 24.6. The summed E-state index contributed by atoms with van der Waals surface area (Å²) < 4.78 is 31.6. The van der Waals surface area contributed by atoms with Crippen molar-refractivity contribution in [1.29, 1.82) is 5.41 Å². The summed E-state index contributed by atoms with van der Waals surface area (Å²) >= 11 is 0. The van der Waals surface area contributed by atoms with Crippen LogP contribution >= 0.6 is 0 Å². The zero-order valence-electron chi connectivity index (χ0n) is 19.9. The minimum Gasteiger partial charge on any atom is -0.424 e. The SMILES string of the molecule is N=C(c1ccc2oc(N)nc2c1)c1c(N)ncnc1NCc1ccc2c(c1)CCN(S(=O)(=O)CCN)C2. The van der Waals surface area contributed by atoms with Crippen molar-refractivity contribution in [2.45, 2.75) is 19.5 Å². The minimum atomic E-state index is -3.35. The van der Waals surface area contributed by atoms with Crippen LogP contribution in [0, 0.1) is 5.41 Å². The van der Waals surface area contributed by atoms with Crippen molar-refractivity contribution in [3.05, 3.63) is 70.5 Å². The van der Waals surface area contributed by atoms with E-state index in [1.807, 2.05) is 12.1 Å². The van der Waals surface area contributed by atoms with E-state index in [0.717, 1.165) is 16.7 Å². The van der Waals surface area contributed by atoms with Crippen LogP contribution in [0.3, 0.4) is 0 Å². The zero-order chi connectivity index (χ0) is 26.2. The maximum atomic E-state index is 12.4. The normalized spacial score (nSPS) is 14.0. The molecule has 1 aliphatic heterocycles. The fraction of sp³-hybridized carbons (Fsp3) is 0.250. The molecule has 2 aromatic heterocycles. The highest BCUT2D eigenvalue weighted by Gasteiger charge is 2.26. The maximum absolute atomic E-state index is 12.4. The number of rotatable bonds is 8. The number of sulfonamides is 1. The number of fused-ring (bicyclic) bond motifs is 2. The first-order valence-corrected chi connectivity index (χ1v) is 13.2. The molecule has 0 fully saturated rings. The number of nitrogens with one attached hydrogen (secondary N) is 2. The van der Waals surface area contributed by atoms with Gasteiger partial charge in [0, 0.05) is 31.7 Å². The monoisotopic (exact) mass is 521 g/mol. The van der Waals surface area contributed by atoms with E-state index < -0.39 is 10.0 Å². The third-order valence-corrected chi connectivity index (χ3v) is 8.15. The van der Waals surface area contributed by atoms with E-state index in [1.165, 1.54) is 10.6 Å². The van der Waals surface area contributed by atoms with Gasteiger partial charge in [0.05, 0.1) is 17.0 Å². The summed E-state index contributed by atoms with van der Waals surface area (Å²) in [6, 6.07) is 11.1. The Morgan fingerprint density at radius 1 is 1.14 bits per heavy atom. The molecule has 37 heavy (non-hydrogen) atoms. The van der Waals surface area contributed by atoms with Crippen LogP contribution in [0.2, 0.25) is 0 Å². The van der Waals surface area contributed by atoms with Crippen molar-refractivity contribution in [2.24, 2.45) is 5.73 Å². The van der Waals surface area contributed by atoms with Gasteiger partial charge in [-0.2, -0.15) is 9.29 Å². The highest BCUT2D eigenvalue weighted by Crippen LogP contribution is 2.26. The fourth-order valence-corrected chi connectivity index (χ4v) is 5.68. The van der Waals surface area contributed by atoms with Crippen LogP contribution in [0.4, 0.5) is 17.7 Å². The summed E-state index contributed by atoms with van der Waals surface area (Å²) in [7, 11) is -3.35. The highest BCUT2D eigenvalue weighted by atomic mass is 32.2. The lowest BCUT2D eigenvalue weighted by molar-refractivity contribution is 0.391. The third kappa shape index (κ3) is 4.96. The Kier molecular flexibility index (Phi) is 6.50. The Balaban J connectivity index is 1.34. The Morgan fingerprint density at radius 3 is 2.78 bits per heavy atom. The fourth-order valence-electron chi connectivity index (χ4n) is 4.42. The molecule has 2 aromatic carbocycles. The lowest BCUT2D eigenvalue weighted by Gasteiger charge is -2.28. The summed E-state index contributed by atoms with van der Waals surface area (Å²) in [5.41, 5.74) is 22.5. The molecule has 13 heteroatoms. The van der Waals surface area contributed by atoms with Gasteiger partial charge < -0.3 is 26.9 Å². The number of benzene rings is 2. The zero-order valence-corrected chi connectivity index (χ0v) is 20.8. The van der Waals surface area contributed by atoms with Crippen LogP contribution in [0.15, 0.2) is 47.1 Å². The van der Waals surface area contributed by atoms with Crippen LogP contribution in [-0.2, 0) is 29.5 Å². The first-order chi connectivity index (χ1) is 17.7. The maximum Gasteiger partial charge on any atom is 0.292 e. The molecule has 0 spiro atoms. The molecule has 0 atom stereocenters. The number of nitrogens with zero attached hydrogens (tertiary/aromatic N) is 4. The standard InChI is InChI=1S/C24H27N9O3S/c25-6-8-37(34,35)33-7-5-15-9-14(1-2-17(15)12-33)11-29-23-20(22(27)30-13-31-23)21(26)16-3-4-19-18(10-16)32-24(28)36-19/h1-4,9-10,13,26H,5-8,11-12,25H2,(H2,28,32)(H3,27,29,30,31). The first-order valence-electron chi connectivity index (χ1n) is 11.6. The van der Waals surface area contributed by atoms with Crippen LogP contribution in [0.5, 0.6) is 0 Å². The molecule has 5 rings (SSSR count). The van der Waals surface area contributed by atoms with Crippen molar-refractivity contribution in [2.75, 3.05) is 35.6 Å². The summed E-state index contributed by atoms with van der Waals surface area (Å²) in [4.78, 5) is 12.5. The Morgan fingerprint density at radius 2 is 1.97 bits per heavy atom. The van der Waals surface area contributed by atoms with Gasteiger partial charge in [0.25, 0.3) is 6.01 Å². The molecule has 0 bridgehead atoms. The number of hydrogen-bond donors (Lipinski definition) is 5. The highest BCUT2D eigenvalue weighted by molar-refractivity contribution is 7.89. The van der Waals surface area contributed by atoms with Gasteiger partial charge in [0.1, 0.15) is 23.5 Å². The van der Waals surface area contributed by atoms with Crippen LogP contribution in [0.1, 0.15) is 27.8 Å². The topological polar surface area (TPSA) is 203 Å². The van der Waals surface area contributed by atoms with E-state index in [2.05, 4.69) is 26.3 Å². The third-order valence-electron chi connectivity index (χ3n) is 6.30. The van der Waals surface area contributed by atoms with E-state index in [0.29, 0.717) is 54.1 Å². The van der Waals surface area contributed by atoms with E-state index >= 15 is 0 Å². The predicted molar refractivity (Wildman–Crippen MR) is 142 cm³/mol. The van der Waals surface area contributed by atoms with E-state index in [9.17, 15) is 8.42 Å². The summed E-state index contributed by atoms with van der Waals surface area (Å²) in [6.45, 7) is 1.30. The quantitative estimate of drug-likeness (QED) is 0.211. The molecule has 0 saturated carbocycles. The molecule has 0 radical (unpaired) electrons. The molecule has 12 nitrogen and oxygen atoms in total. The molecular weight excluding hydrogens is 494 g/mol. The van der Waals surface area contributed by atoms with Gasteiger partial charge in [0.2, 0.25) is 10.0 Å². The molecule has 0 amide bonds. The van der Waals surface area contributed by atoms with Crippen LogP contribution in [0.25, 0.3) is 11.1 Å². The van der Waals surface area contributed by atoms with Gasteiger partial charge in [0.15, 0.2) is 5.58 Å². The van der Waals surface area contributed by atoms with E-state index in [4.69, 9.17) is 27.0 Å². The molecule has 3 heterocycles. The molecule has 0 saturated heterocycles. The number of oxazole rings is 1. The molecule has 4 aromatic rings. The molecule has 1 aliphatic rings. The molecule has 192 valence electrons. The van der Waals surface area contributed by atoms with Crippen molar-refractivity contribution in [3.8, 4) is 0 Å². The van der Waals surface area contributed by atoms with Crippen molar-refractivity contribution in [3.63, 3.8) is 0 Å². The number of hydrogen-bond acceptors (Lipinski definition) is 11. The van der Waals surface area contributed by atoms with Crippen LogP contribution < -0.4 is 22.5 Å². The second-order valence-electron chi connectivity index (χ2n) is 8.74. The molecule has 0 aliphatic carbocycles. The second-order valence-corrected chi connectivity index (χ2v) is 10.8. The Bertz CT molecular complexity index is 1600. The van der Waals surface area contributed by atoms with Gasteiger partial charge in [-0.1, -0.05) is 18.2 Å². The van der Waals surface area contributed by atoms with Crippen molar-refractivity contribution >= 4 is 44.5 Å². The van der Waals surface area contributed by atoms with Crippen LogP contribution in [-0.4, -0.2) is 52.2 Å². The van der Waals surface area contributed by atoms with Gasteiger partial charge in [-0.3, -0.25) is 5.41 Å². The van der Waals surface area contributed by atoms with E-state index in [-0.39, 0.29) is 29.8 Å². The van der Waals surface area contributed by atoms with Crippen molar-refractivity contribution in [1.82, 2.24) is 19.3 Å². The average molecular weight is 522 g/mol. The van der Waals surface area contributed by atoms with E-state index in [1.54, 1.807) is 18.2 Å². The lowest BCUT2D eigenvalue weighted by atomic mass is 9.98. The molecule has 8 N–H and O–H groups in total. The predicted octanol–water partition coefficient (Wildman–Crippen LogP) is 1.46. The summed E-state index contributed by atoms with van der Waals surface area (Å²) in [5.74, 6) is 0.546. The molecular formula is C24H27N9O3S. The number of anilines is 3. The summed E-state index contributed by atoms with van der Waals surface area (Å²) in [6.07, 6.45) is 1.97. The molecule has 0 unspecified atom stereocenters. The van der Waals surface area contributed by atoms with Gasteiger partial charge in [-0.25, -0.2) is 18.4 Å². The van der Waals surface area contributed by atoms with Crippen molar-refractivity contribution < 1.29 is 12.8 Å².